The van der Waals surface area contributed by atoms with Crippen LogP contribution in [0.15, 0.2) is 30.3 Å². The molecule has 4 rings (SSSR count). The van der Waals surface area contributed by atoms with E-state index in [4.69, 9.17) is 0 Å². The number of likely N-dealkylation sites (tertiary alicyclic amines) is 1. The SMILES string of the molecule is Cn1nc(C(=O)NCCN2CCCC2CO)cc1-c1cc2cc(F)ccc2[nH]1. The van der Waals surface area contributed by atoms with Crippen molar-refractivity contribution >= 4 is 16.8 Å². The van der Waals surface area contributed by atoms with Crippen molar-refractivity contribution in [3.63, 3.8) is 0 Å². The summed E-state index contributed by atoms with van der Waals surface area (Å²) in [5, 5.41) is 17.3. The number of nitrogens with zero attached hydrogens (tertiary/aromatic N) is 3. The van der Waals surface area contributed by atoms with E-state index in [-0.39, 0.29) is 24.4 Å². The minimum absolute atomic E-state index is 0.159. The summed E-state index contributed by atoms with van der Waals surface area (Å²) < 4.78 is 15.1. The topological polar surface area (TPSA) is 86.2 Å². The highest BCUT2D eigenvalue weighted by Crippen LogP contribution is 2.25. The summed E-state index contributed by atoms with van der Waals surface area (Å²) in [6, 6.07) is 8.34. The molecule has 1 unspecified atom stereocenters. The number of carbonyl (C=O) groups excluding carboxylic acids is 1. The van der Waals surface area contributed by atoms with E-state index in [0.29, 0.717) is 18.8 Å². The first kappa shape index (κ1) is 18.6. The van der Waals surface area contributed by atoms with Gasteiger partial charge in [0.2, 0.25) is 0 Å². The molecule has 28 heavy (non-hydrogen) atoms. The van der Waals surface area contributed by atoms with Crippen LogP contribution in [0.25, 0.3) is 22.3 Å². The van der Waals surface area contributed by atoms with Gasteiger partial charge in [-0.05, 0) is 49.7 Å². The molecular formula is C20H24FN5O2. The number of aliphatic hydroxyl groups excluding tert-OH is 1. The van der Waals surface area contributed by atoms with Crippen LogP contribution in [0, 0.1) is 5.82 Å². The highest BCUT2D eigenvalue weighted by molar-refractivity contribution is 5.94. The molecule has 1 aliphatic heterocycles. The largest absolute Gasteiger partial charge is 0.395 e. The monoisotopic (exact) mass is 385 g/mol. The highest BCUT2D eigenvalue weighted by atomic mass is 19.1. The van der Waals surface area contributed by atoms with Crippen molar-refractivity contribution in [2.45, 2.75) is 18.9 Å². The average Bonchev–Trinajstić information content (AvgIpc) is 3.38. The number of fused-ring (bicyclic) bond motifs is 1. The van der Waals surface area contributed by atoms with E-state index >= 15 is 0 Å². The van der Waals surface area contributed by atoms with E-state index in [9.17, 15) is 14.3 Å². The summed E-state index contributed by atoms with van der Waals surface area (Å²) in [5.74, 6) is -0.520. The standard InChI is InChI=1S/C20H24FN5O2/c1-25-19(17-10-13-9-14(21)4-5-16(13)23-17)11-18(24-25)20(28)22-6-8-26-7-2-3-15(26)12-27/h4-5,9-11,15,23,27H,2-3,6-8,12H2,1H3,(H,22,28). The number of carbonyl (C=O) groups is 1. The molecule has 2 aromatic heterocycles. The molecule has 7 nitrogen and oxygen atoms in total. The molecule has 1 aliphatic rings. The van der Waals surface area contributed by atoms with E-state index in [1.165, 1.54) is 12.1 Å². The number of halogens is 1. The maximum absolute atomic E-state index is 13.4. The zero-order valence-corrected chi connectivity index (χ0v) is 15.8. The normalized spacial score (nSPS) is 17.5. The first-order chi connectivity index (χ1) is 13.5. The van der Waals surface area contributed by atoms with Crippen molar-refractivity contribution in [3.05, 3.63) is 41.8 Å². The third-order valence-corrected chi connectivity index (χ3v) is 5.37. The summed E-state index contributed by atoms with van der Waals surface area (Å²) in [5.41, 5.74) is 2.69. The van der Waals surface area contributed by atoms with Crippen LogP contribution in [-0.2, 0) is 7.05 Å². The van der Waals surface area contributed by atoms with Crippen LogP contribution in [0.4, 0.5) is 4.39 Å². The zero-order chi connectivity index (χ0) is 19.7. The van der Waals surface area contributed by atoms with Gasteiger partial charge in [-0.15, -0.1) is 0 Å². The number of nitrogens with one attached hydrogen (secondary N) is 2. The molecule has 0 spiro atoms. The van der Waals surface area contributed by atoms with E-state index in [1.807, 2.05) is 6.07 Å². The number of aryl methyl sites for hydroxylation is 1. The average molecular weight is 385 g/mol. The van der Waals surface area contributed by atoms with Gasteiger partial charge in [0.25, 0.3) is 5.91 Å². The number of amides is 1. The molecule has 0 bridgehead atoms. The summed E-state index contributed by atoms with van der Waals surface area (Å²) in [7, 11) is 1.77. The predicted octanol–water partition coefficient (Wildman–Crippen LogP) is 1.89. The Morgan fingerprint density at radius 2 is 2.25 bits per heavy atom. The summed E-state index contributed by atoms with van der Waals surface area (Å²) in [6.45, 7) is 2.33. The van der Waals surface area contributed by atoms with Gasteiger partial charge in [-0.3, -0.25) is 14.4 Å². The first-order valence-electron chi connectivity index (χ1n) is 9.51. The second-order valence-corrected chi connectivity index (χ2v) is 7.22. The van der Waals surface area contributed by atoms with Crippen LogP contribution in [0.5, 0.6) is 0 Å². The molecule has 8 heteroatoms. The molecule has 3 N–H and O–H groups in total. The van der Waals surface area contributed by atoms with Crippen LogP contribution in [0.2, 0.25) is 0 Å². The van der Waals surface area contributed by atoms with Crippen molar-refractivity contribution < 1.29 is 14.3 Å². The van der Waals surface area contributed by atoms with Gasteiger partial charge in [-0.25, -0.2) is 4.39 Å². The van der Waals surface area contributed by atoms with Crippen LogP contribution in [-0.4, -0.2) is 63.0 Å². The van der Waals surface area contributed by atoms with E-state index in [0.717, 1.165) is 41.7 Å². The fraction of sp³-hybridized carbons (Fsp3) is 0.400. The number of aromatic amines is 1. The summed E-state index contributed by atoms with van der Waals surface area (Å²) in [4.78, 5) is 17.9. The van der Waals surface area contributed by atoms with E-state index in [2.05, 4.69) is 20.3 Å². The van der Waals surface area contributed by atoms with Crippen molar-refractivity contribution in [1.82, 2.24) is 25.0 Å². The fourth-order valence-corrected chi connectivity index (χ4v) is 3.87. The number of benzene rings is 1. The molecule has 0 aliphatic carbocycles. The lowest BCUT2D eigenvalue weighted by atomic mass is 10.2. The Morgan fingerprint density at radius 1 is 1.39 bits per heavy atom. The smallest absolute Gasteiger partial charge is 0.271 e. The number of H-pyrrole nitrogens is 1. The van der Waals surface area contributed by atoms with Crippen LogP contribution in [0.1, 0.15) is 23.3 Å². The van der Waals surface area contributed by atoms with Crippen molar-refractivity contribution in [2.75, 3.05) is 26.2 Å². The molecule has 3 aromatic rings. The maximum Gasteiger partial charge on any atom is 0.271 e. The molecule has 1 amide bonds. The van der Waals surface area contributed by atoms with Crippen LogP contribution >= 0.6 is 0 Å². The molecule has 148 valence electrons. The quantitative estimate of drug-likeness (QED) is 0.605. The lowest BCUT2D eigenvalue weighted by molar-refractivity contribution is 0.0937. The number of aliphatic hydroxyl groups is 1. The van der Waals surface area contributed by atoms with E-state index in [1.54, 1.807) is 23.9 Å². The Kier molecular flexibility index (Phi) is 5.15. The molecule has 0 radical (unpaired) electrons. The Labute approximate surface area is 162 Å². The van der Waals surface area contributed by atoms with E-state index < -0.39 is 0 Å². The third-order valence-electron chi connectivity index (χ3n) is 5.37. The van der Waals surface area contributed by atoms with Gasteiger partial charge >= 0.3 is 0 Å². The van der Waals surface area contributed by atoms with Gasteiger partial charge < -0.3 is 15.4 Å². The fourth-order valence-electron chi connectivity index (χ4n) is 3.87. The van der Waals surface area contributed by atoms with Crippen LogP contribution < -0.4 is 5.32 Å². The molecule has 1 atom stereocenters. The highest BCUT2D eigenvalue weighted by Gasteiger charge is 2.23. The third kappa shape index (κ3) is 3.65. The van der Waals surface area contributed by atoms with Crippen molar-refractivity contribution in [3.8, 4) is 11.4 Å². The van der Waals surface area contributed by atoms with Gasteiger partial charge in [-0.2, -0.15) is 5.10 Å². The maximum atomic E-state index is 13.4. The summed E-state index contributed by atoms with van der Waals surface area (Å²) in [6.07, 6.45) is 2.08. The Hall–Kier alpha value is -2.71. The molecular weight excluding hydrogens is 361 g/mol. The van der Waals surface area contributed by atoms with Crippen molar-refractivity contribution in [1.29, 1.82) is 0 Å². The number of hydrogen-bond acceptors (Lipinski definition) is 4. The van der Waals surface area contributed by atoms with Gasteiger partial charge in [0, 0.05) is 37.1 Å². The minimum Gasteiger partial charge on any atom is -0.395 e. The molecule has 1 aromatic carbocycles. The van der Waals surface area contributed by atoms with Crippen LogP contribution in [0.3, 0.4) is 0 Å². The Balaban J connectivity index is 1.43. The zero-order valence-electron chi connectivity index (χ0n) is 15.8. The Bertz CT molecular complexity index is 996. The first-order valence-corrected chi connectivity index (χ1v) is 9.51. The number of aromatic nitrogens is 3. The van der Waals surface area contributed by atoms with Gasteiger partial charge in [0.15, 0.2) is 5.69 Å². The molecule has 0 saturated carbocycles. The summed E-state index contributed by atoms with van der Waals surface area (Å²) >= 11 is 0. The predicted molar refractivity (Wildman–Crippen MR) is 104 cm³/mol. The minimum atomic E-state index is -0.287. The number of rotatable bonds is 6. The van der Waals surface area contributed by atoms with Gasteiger partial charge in [-0.1, -0.05) is 0 Å². The second kappa shape index (κ2) is 7.73. The van der Waals surface area contributed by atoms with Crippen molar-refractivity contribution in [2.24, 2.45) is 7.05 Å². The Morgan fingerprint density at radius 3 is 3.07 bits per heavy atom. The second-order valence-electron chi connectivity index (χ2n) is 7.22. The van der Waals surface area contributed by atoms with Gasteiger partial charge in [0.1, 0.15) is 5.82 Å². The number of hydrogen-bond donors (Lipinski definition) is 3. The molecule has 1 fully saturated rings. The lowest BCUT2D eigenvalue weighted by Gasteiger charge is -2.22. The molecule has 3 heterocycles. The van der Waals surface area contributed by atoms with Gasteiger partial charge in [0.05, 0.1) is 18.0 Å². The molecule has 1 saturated heterocycles. The lowest BCUT2D eigenvalue weighted by Crippen LogP contribution is -2.39.